The van der Waals surface area contributed by atoms with Crippen molar-refractivity contribution in [1.29, 1.82) is 0 Å². The SMILES string of the molecule is CO[C@@H]1[C@H](O)[C@@H](CO)O[C@H]1n1cc(NC(=O)O)c(=O)[nH]c1=O. The van der Waals surface area contributed by atoms with Gasteiger partial charge in [-0.25, -0.2) is 9.59 Å². The maximum Gasteiger partial charge on any atom is 0.409 e. The van der Waals surface area contributed by atoms with Gasteiger partial charge in [-0.2, -0.15) is 0 Å². The topological polar surface area (TPSA) is 163 Å². The monoisotopic (exact) mass is 317 g/mol. The van der Waals surface area contributed by atoms with Gasteiger partial charge in [0.05, 0.1) is 6.61 Å². The molecule has 1 amide bonds. The summed E-state index contributed by atoms with van der Waals surface area (Å²) < 4.78 is 11.3. The fraction of sp³-hybridized carbons (Fsp3) is 0.545. The molecule has 0 aliphatic carbocycles. The van der Waals surface area contributed by atoms with Crippen LogP contribution >= 0.6 is 0 Å². The Bertz CT molecular complexity index is 668. The summed E-state index contributed by atoms with van der Waals surface area (Å²) in [5.74, 6) is 0. The number of methoxy groups -OCH3 is 1. The van der Waals surface area contributed by atoms with E-state index in [9.17, 15) is 19.5 Å². The lowest BCUT2D eigenvalue weighted by atomic mass is 10.1. The predicted molar refractivity (Wildman–Crippen MR) is 70.8 cm³/mol. The third kappa shape index (κ3) is 2.87. The zero-order valence-corrected chi connectivity index (χ0v) is 11.4. The summed E-state index contributed by atoms with van der Waals surface area (Å²) in [5, 5.41) is 29.6. The number of carbonyl (C=O) groups is 1. The van der Waals surface area contributed by atoms with Gasteiger partial charge in [0.2, 0.25) is 0 Å². The standard InChI is InChI=1S/C11H15N3O8/c1-21-7-6(16)5(3-15)22-9(7)14-2-4(12-11(19)20)8(17)13-10(14)18/h2,5-7,9,12,15-16H,3H2,1H3,(H,19,20)(H,13,17,18)/t5-,6-,7-,9-/m1/s1. The maximum atomic E-state index is 11.9. The molecule has 11 nitrogen and oxygen atoms in total. The minimum Gasteiger partial charge on any atom is -0.465 e. The molecule has 11 heteroatoms. The van der Waals surface area contributed by atoms with E-state index < -0.39 is 54.2 Å². The molecule has 0 aromatic carbocycles. The average Bonchev–Trinajstić information content (AvgIpc) is 2.77. The van der Waals surface area contributed by atoms with E-state index in [1.165, 1.54) is 7.11 Å². The average molecular weight is 317 g/mol. The van der Waals surface area contributed by atoms with Crippen LogP contribution < -0.4 is 16.6 Å². The first-order valence-electron chi connectivity index (χ1n) is 6.21. The Labute approximate surface area is 122 Å². The van der Waals surface area contributed by atoms with Gasteiger partial charge in [0.1, 0.15) is 24.0 Å². The highest BCUT2D eigenvalue weighted by molar-refractivity contribution is 5.82. The van der Waals surface area contributed by atoms with E-state index >= 15 is 0 Å². The molecule has 0 saturated carbocycles. The number of ether oxygens (including phenoxy) is 2. The van der Waals surface area contributed by atoms with Crippen LogP contribution in [0.2, 0.25) is 0 Å². The van der Waals surface area contributed by atoms with Crippen molar-refractivity contribution in [3.05, 3.63) is 27.0 Å². The van der Waals surface area contributed by atoms with Crippen LogP contribution in [0, 0.1) is 0 Å². The number of nitrogens with zero attached hydrogens (tertiary/aromatic N) is 1. The van der Waals surface area contributed by atoms with Gasteiger partial charge in [-0.1, -0.05) is 0 Å². The van der Waals surface area contributed by atoms with Crippen molar-refractivity contribution < 1.29 is 29.6 Å². The van der Waals surface area contributed by atoms with Crippen molar-refractivity contribution >= 4 is 11.8 Å². The van der Waals surface area contributed by atoms with Gasteiger partial charge in [0.15, 0.2) is 6.23 Å². The number of H-pyrrole nitrogens is 1. The van der Waals surface area contributed by atoms with Gasteiger partial charge in [-0.15, -0.1) is 0 Å². The lowest BCUT2D eigenvalue weighted by Gasteiger charge is -2.20. The van der Waals surface area contributed by atoms with Crippen LogP contribution in [0.25, 0.3) is 0 Å². The molecule has 4 atom stereocenters. The Kier molecular flexibility index (Phi) is 4.61. The Balaban J connectivity index is 2.45. The van der Waals surface area contributed by atoms with Gasteiger partial charge >= 0.3 is 11.8 Å². The van der Waals surface area contributed by atoms with Crippen molar-refractivity contribution in [2.45, 2.75) is 24.5 Å². The minimum atomic E-state index is -1.49. The van der Waals surface area contributed by atoms with Crippen LogP contribution in [0.4, 0.5) is 10.5 Å². The van der Waals surface area contributed by atoms with Crippen LogP contribution in [-0.4, -0.2) is 63.0 Å². The minimum absolute atomic E-state index is 0.396. The summed E-state index contributed by atoms with van der Waals surface area (Å²) in [6.07, 6.45) is -4.86. The Morgan fingerprint density at radius 3 is 2.77 bits per heavy atom. The fourth-order valence-corrected chi connectivity index (χ4v) is 2.23. The highest BCUT2D eigenvalue weighted by atomic mass is 16.6. The summed E-state index contributed by atoms with van der Waals surface area (Å²) in [7, 11) is 1.27. The lowest BCUT2D eigenvalue weighted by molar-refractivity contribution is -0.0624. The summed E-state index contributed by atoms with van der Waals surface area (Å²) in [6, 6.07) is 0. The van der Waals surface area contributed by atoms with E-state index in [1.807, 2.05) is 10.3 Å². The molecular formula is C11H15N3O8. The molecule has 1 aliphatic rings. The molecule has 1 aromatic rings. The van der Waals surface area contributed by atoms with Gasteiger partial charge in [-0.3, -0.25) is 19.7 Å². The second kappa shape index (κ2) is 6.27. The van der Waals surface area contributed by atoms with Crippen molar-refractivity contribution in [2.24, 2.45) is 0 Å². The molecule has 0 spiro atoms. The number of carboxylic acid groups (broad SMARTS) is 1. The van der Waals surface area contributed by atoms with E-state index in [2.05, 4.69) is 0 Å². The van der Waals surface area contributed by atoms with Crippen LogP contribution in [0.5, 0.6) is 0 Å². The Hall–Kier alpha value is -2.21. The molecule has 2 rings (SSSR count). The molecule has 1 aromatic heterocycles. The largest absolute Gasteiger partial charge is 0.465 e. The number of aromatic amines is 1. The van der Waals surface area contributed by atoms with E-state index in [1.54, 1.807) is 0 Å². The van der Waals surface area contributed by atoms with Gasteiger partial charge in [-0.05, 0) is 0 Å². The molecule has 122 valence electrons. The normalized spacial score (nSPS) is 27.8. The van der Waals surface area contributed by atoms with Crippen molar-refractivity contribution in [3.63, 3.8) is 0 Å². The molecule has 0 bridgehead atoms. The third-order valence-electron chi connectivity index (χ3n) is 3.25. The van der Waals surface area contributed by atoms with Crippen molar-refractivity contribution in [1.82, 2.24) is 9.55 Å². The number of aliphatic hydroxyl groups excluding tert-OH is 2. The molecular weight excluding hydrogens is 302 g/mol. The van der Waals surface area contributed by atoms with Crippen LogP contribution in [0.15, 0.2) is 15.8 Å². The highest BCUT2D eigenvalue weighted by Crippen LogP contribution is 2.30. The second-order valence-electron chi connectivity index (χ2n) is 4.58. The van der Waals surface area contributed by atoms with E-state index in [-0.39, 0.29) is 0 Å². The Morgan fingerprint density at radius 1 is 1.55 bits per heavy atom. The first kappa shape index (κ1) is 16.2. The molecule has 5 N–H and O–H groups in total. The summed E-state index contributed by atoms with van der Waals surface area (Å²) in [5.41, 5.74) is -2.19. The second-order valence-corrected chi connectivity index (χ2v) is 4.58. The van der Waals surface area contributed by atoms with Crippen molar-refractivity contribution in [2.75, 3.05) is 19.0 Å². The van der Waals surface area contributed by atoms with E-state index in [4.69, 9.17) is 19.7 Å². The first-order valence-corrected chi connectivity index (χ1v) is 6.21. The summed E-state index contributed by atoms with van der Waals surface area (Å²) in [6.45, 7) is -0.504. The lowest BCUT2D eigenvalue weighted by Crippen LogP contribution is -2.39. The molecule has 0 unspecified atom stereocenters. The summed E-state index contributed by atoms with van der Waals surface area (Å²) in [4.78, 5) is 36.0. The number of anilines is 1. The van der Waals surface area contributed by atoms with Crippen LogP contribution in [0.3, 0.4) is 0 Å². The van der Waals surface area contributed by atoms with Crippen LogP contribution in [-0.2, 0) is 9.47 Å². The molecule has 22 heavy (non-hydrogen) atoms. The maximum absolute atomic E-state index is 11.9. The van der Waals surface area contributed by atoms with Gasteiger partial charge < -0.3 is 24.8 Å². The zero-order chi connectivity index (χ0) is 16.4. The number of aliphatic hydroxyl groups is 2. The highest BCUT2D eigenvalue weighted by Gasteiger charge is 2.45. The quantitative estimate of drug-likeness (QED) is 0.421. The third-order valence-corrected chi connectivity index (χ3v) is 3.25. The molecule has 1 saturated heterocycles. The first-order chi connectivity index (χ1) is 10.4. The number of hydrogen-bond acceptors (Lipinski definition) is 7. The fourth-order valence-electron chi connectivity index (χ4n) is 2.23. The number of nitrogens with one attached hydrogen (secondary N) is 2. The zero-order valence-electron chi connectivity index (χ0n) is 11.4. The smallest absolute Gasteiger partial charge is 0.409 e. The molecule has 2 heterocycles. The number of rotatable bonds is 4. The molecule has 0 radical (unpaired) electrons. The van der Waals surface area contributed by atoms with Gasteiger partial charge in [0.25, 0.3) is 5.56 Å². The molecule has 1 fully saturated rings. The number of amides is 1. The molecule has 1 aliphatic heterocycles. The van der Waals surface area contributed by atoms with E-state index in [0.29, 0.717) is 0 Å². The van der Waals surface area contributed by atoms with Gasteiger partial charge in [0, 0.05) is 13.3 Å². The Morgan fingerprint density at radius 2 is 2.23 bits per heavy atom. The van der Waals surface area contributed by atoms with Crippen LogP contribution in [0.1, 0.15) is 6.23 Å². The summed E-state index contributed by atoms with van der Waals surface area (Å²) >= 11 is 0. The van der Waals surface area contributed by atoms with Crippen molar-refractivity contribution in [3.8, 4) is 0 Å². The predicted octanol–water partition coefficient (Wildman–Crippen LogP) is -2.11. The number of aromatic nitrogens is 2. The van der Waals surface area contributed by atoms with E-state index in [0.717, 1.165) is 10.8 Å². The number of hydrogen-bond donors (Lipinski definition) is 5.